The lowest BCUT2D eigenvalue weighted by Gasteiger charge is -2.47. The van der Waals surface area contributed by atoms with Crippen molar-refractivity contribution >= 4 is 34.2 Å². The van der Waals surface area contributed by atoms with Gasteiger partial charge in [0.2, 0.25) is 11.7 Å². The van der Waals surface area contributed by atoms with E-state index >= 15 is 0 Å². The summed E-state index contributed by atoms with van der Waals surface area (Å²) in [7, 11) is 0. The molecule has 7 heteroatoms. The zero-order chi connectivity index (χ0) is 23.4. The van der Waals surface area contributed by atoms with E-state index in [0.717, 1.165) is 11.1 Å². The smallest absolute Gasteiger partial charge is 0.288 e. The summed E-state index contributed by atoms with van der Waals surface area (Å²) < 4.78 is 19.2. The summed E-state index contributed by atoms with van der Waals surface area (Å²) >= 11 is 5.26. The third kappa shape index (κ3) is 5.12. The Morgan fingerprint density at radius 3 is 2.24 bits per heavy atom. The summed E-state index contributed by atoms with van der Waals surface area (Å²) in [5.74, 6) is -1.11. The highest BCUT2D eigenvalue weighted by molar-refractivity contribution is 6.81. The minimum absolute atomic E-state index is 0.106. The fourth-order valence-electron chi connectivity index (χ4n) is 3.99. The van der Waals surface area contributed by atoms with Crippen LogP contribution in [0.3, 0.4) is 0 Å². The molecule has 3 aromatic rings. The van der Waals surface area contributed by atoms with Crippen LogP contribution in [0.2, 0.25) is 0 Å². The van der Waals surface area contributed by atoms with Crippen LogP contribution in [0, 0.1) is 11.7 Å². The molecular weight excluding hydrogens is 445 g/mol. The van der Waals surface area contributed by atoms with Crippen molar-refractivity contribution in [3.05, 3.63) is 95.8 Å². The predicted molar refractivity (Wildman–Crippen MR) is 122 cm³/mol. The van der Waals surface area contributed by atoms with E-state index in [0.29, 0.717) is 18.0 Å². The maximum atomic E-state index is 13.4. The molecule has 33 heavy (non-hydrogen) atoms. The van der Waals surface area contributed by atoms with E-state index in [-0.39, 0.29) is 24.8 Å². The van der Waals surface area contributed by atoms with Crippen molar-refractivity contribution in [1.29, 1.82) is 0 Å². The maximum Gasteiger partial charge on any atom is 0.288 e. The summed E-state index contributed by atoms with van der Waals surface area (Å²) in [6, 6.07) is 22.5. The zero-order valence-corrected chi connectivity index (χ0v) is 18.4. The number of Topliss-reactive ketones (excluding diaryl/α,β-unsaturated/α-hetero) is 1. The zero-order valence-electron chi connectivity index (χ0n) is 17.6. The van der Waals surface area contributed by atoms with Gasteiger partial charge in [0.05, 0.1) is 12.0 Å². The predicted octanol–water partition coefficient (Wildman–Crippen LogP) is 5.22. The first kappa shape index (κ1) is 22.7. The van der Waals surface area contributed by atoms with Gasteiger partial charge in [0.15, 0.2) is 0 Å². The number of hydrogen-bond donors (Lipinski definition) is 0. The molecule has 0 aliphatic carbocycles. The monoisotopic (exact) mass is 465 g/mol. The van der Waals surface area contributed by atoms with Gasteiger partial charge >= 0.3 is 0 Å². The van der Waals surface area contributed by atoms with Crippen molar-refractivity contribution in [1.82, 2.24) is 0 Å². The normalized spacial score (nSPS) is 17.4. The first-order chi connectivity index (χ1) is 15.9. The molecule has 1 aliphatic rings. The number of nitrogens with zero attached hydrogens (tertiary/aromatic N) is 1. The third-order valence-corrected chi connectivity index (χ3v) is 5.90. The van der Waals surface area contributed by atoms with Crippen molar-refractivity contribution in [2.75, 3.05) is 4.90 Å². The minimum Gasteiger partial charge on any atom is -0.489 e. The lowest BCUT2D eigenvalue weighted by Crippen LogP contribution is -2.55. The number of rotatable bonds is 9. The molecule has 1 saturated heterocycles. The van der Waals surface area contributed by atoms with Gasteiger partial charge in [-0.25, -0.2) is 4.39 Å². The van der Waals surface area contributed by atoms with Gasteiger partial charge in [-0.3, -0.25) is 14.4 Å². The highest BCUT2D eigenvalue weighted by Gasteiger charge is 2.48. The number of halogens is 2. The number of benzene rings is 3. The summed E-state index contributed by atoms with van der Waals surface area (Å²) in [6.07, 6.45) is 0.0928. The van der Waals surface area contributed by atoms with Crippen molar-refractivity contribution in [3.8, 4) is 5.75 Å². The van der Waals surface area contributed by atoms with Crippen molar-refractivity contribution in [2.24, 2.45) is 5.92 Å². The fraction of sp³-hybridized carbons (Fsp3) is 0.192. The summed E-state index contributed by atoms with van der Waals surface area (Å²) in [4.78, 5) is 37.3. The van der Waals surface area contributed by atoms with Crippen molar-refractivity contribution in [3.63, 3.8) is 0 Å². The van der Waals surface area contributed by atoms with Gasteiger partial charge < -0.3 is 9.64 Å². The van der Waals surface area contributed by atoms with Gasteiger partial charge in [-0.15, -0.1) is 0 Å². The van der Waals surface area contributed by atoms with E-state index < -0.39 is 22.8 Å². The van der Waals surface area contributed by atoms with Gasteiger partial charge in [0.25, 0.3) is 5.24 Å². The number of ketones is 1. The Labute approximate surface area is 195 Å². The van der Waals surface area contributed by atoms with Crippen LogP contribution in [0.4, 0.5) is 10.1 Å². The Morgan fingerprint density at radius 1 is 0.939 bits per heavy atom. The van der Waals surface area contributed by atoms with Crippen LogP contribution in [0.25, 0.3) is 0 Å². The van der Waals surface area contributed by atoms with Gasteiger partial charge in [-0.1, -0.05) is 42.5 Å². The second-order valence-electron chi connectivity index (χ2n) is 7.81. The number of ether oxygens (including phenoxy) is 1. The molecular formula is C26H21ClFNO4. The van der Waals surface area contributed by atoms with Crippen molar-refractivity contribution in [2.45, 2.75) is 25.5 Å². The number of anilines is 1. The average molecular weight is 466 g/mol. The molecule has 2 atom stereocenters. The summed E-state index contributed by atoms with van der Waals surface area (Å²) in [5.41, 5.74) is 2.46. The molecule has 0 bridgehead atoms. The molecule has 4 rings (SSSR count). The minimum atomic E-state index is -1.03. The molecule has 1 aliphatic heterocycles. The molecule has 1 amide bonds. The van der Waals surface area contributed by atoms with E-state index in [9.17, 15) is 18.8 Å². The molecule has 0 aromatic heterocycles. The fourth-order valence-corrected chi connectivity index (χ4v) is 4.08. The van der Waals surface area contributed by atoms with Gasteiger partial charge in [-0.2, -0.15) is 0 Å². The lowest BCUT2D eigenvalue weighted by molar-refractivity contribution is -0.134. The Hall–Kier alpha value is -3.51. The lowest BCUT2D eigenvalue weighted by atomic mass is 9.78. The topological polar surface area (TPSA) is 63.7 Å². The molecule has 168 valence electrons. The highest BCUT2D eigenvalue weighted by atomic mass is 35.5. The molecule has 0 radical (unpaired) electrons. The van der Waals surface area contributed by atoms with Crippen molar-refractivity contribution < 1.29 is 23.5 Å². The average Bonchev–Trinajstić information content (AvgIpc) is 2.83. The van der Waals surface area contributed by atoms with E-state index in [1.807, 2.05) is 54.6 Å². The van der Waals surface area contributed by atoms with E-state index in [2.05, 4.69) is 0 Å². The van der Waals surface area contributed by atoms with E-state index in [4.69, 9.17) is 16.3 Å². The number of hydrogen-bond acceptors (Lipinski definition) is 4. The Morgan fingerprint density at radius 2 is 1.61 bits per heavy atom. The SMILES string of the molecule is O=C(Cl)C(=O)CC[C@H]1C(=O)N(c2ccc(F)cc2)[C@@H]1c1ccc(OCc2ccccc2)cc1. The standard InChI is InChI=1S/C26H21ClFNO4/c27-25(31)23(30)15-14-22-24(29(26(22)32)20-10-8-19(28)9-11-20)18-6-12-21(13-7-18)33-16-17-4-2-1-3-5-17/h1-13,22,24H,14-16H2/t22-,24-/m1/s1. The second-order valence-corrected chi connectivity index (χ2v) is 8.16. The summed E-state index contributed by atoms with van der Waals surface area (Å²) in [5, 5.41) is -1.03. The van der Waals surface area contributed by atoms with Crippen LogP contribution in [0.1, 0.15) is 30.0 Å². The van der Waals surface area contributed by atoms with Gasteiger partial charge in [0, 0.05) is 12.1 Å². The van der Waals surface area contributed by atoms with Gasteiger partial charge in [0.1, 0.15) is 18.2 Å². The molecule has 0 unspecified atom stereocenters. The first-order valence-electron chi connectivity index (χ1n) is 10.5. The van der Waals surface area contributed by atoms with Gasteiger partial charge in [-0.05, 0) is 65.5 Å². The van der Waals surface area contributed by atoms with E-state index in [1.54, 1.807) is 17.0 Å². The maximum absolute atomic E-state index is 13.4. The number of amides is 1. The molecule has 0 N–H and O–H groups in total. The Kier molecular flexibility index (Phi) is 6.84. The van der Waals surface area contributed by atoms with Crippen LogP contribution < -0.4 is 9.64 Å². The second kappa shape index (κ2) is 9.96. The molecule has 5 nitrogen and oxygen atoms in total. The molecule has 0 spiro atoms. The Bertz CT molecular complexity index is 1150. The number of carbonyl (C=O) groups is 3. The Balaban J connectivity index is 1.53. The van der Waals surface area contributed by atoms with Crippen LogP contribution in [-0.4, -0.2) is 16.9 Å². The quantitative estimate of drug-likeness (QED) is 0.247. The molecule has 1 heterocycles. The van der Waals surface area contributed by atoms with E-state index in [1.165, 1.54) is 12.1 Å². The number of β-lactam (4-membered cyclic amide) rings is 1. The van der Waals surface area contributed by atoms with Crippen LogP contribution in [0.5, 0.6) is 5.75 Å². The molecule has 1 fully saturated rings. The molecule has 3 aromatic carbocycles. The summed E-state index contributed by atoms with van der Waals surface area (Å²) in [6.45, 7) is 0.432. The number of carbonyl (C=O) groups excluding carboxylic acids is 3. The first-order valence-corrected chi connectivity index (χ1v) is 10.9. The van der Waals surface area contributed by atoms with Crippen LogP contribution in [0.15, 0.2) is 78.9 Å². The molecule has 0 saturated carbocycles. The highest BCUT2D eigenvalue weighted by Crippen LogP contribution is 2.45. The largest absolute Gasteiger partial charge is 0.489 e. The third-order valence-electron chi connectivity index (χ3n) is 5.69. The van der Waals surface area contributed by atoms with Crippen LogP contribution >= 0.6 is 11.6 Å². The van der Waals surface area contributed by atoms with Crippen LogP contribution in [-0.2, 0) is 21.0 Å².